The maximum atomic E-state index is 4.41. The monoisotopic (exact) mass is 337 g/mol. The van der Waals surface area contributed by atoms with Crippen LogP contribution in [0.3, 0.4) is 0 Å². The van der Waals surface area contributed by atoms with Crippen LogP contribution in [0.15, 0.2) is 42.5 Å². The first kappa shape index (κ1) is 16.0. The minimum Gasteiger partial charge on any atom is -0.367 e. The van der Waals surface area contributed by atoms with E-state index in [0.717, 1.165) is 31.4 Å². The summed E-state index contributed by atoms with van der Waals surface area (Å²) >= 11 is 0. The number of hydrogen-bond donors (Lipinski definition) is 1. The van der Waals surface area contributed by atoms with Crippen molar-refractivity contribution in [3.63, 3.8) is 0 Å². The highest BCUT2D eigenvalue weighted by molar-refractivity contribution is 5.42. The van der Waals surface area contributed by atoms with Crippen molar-refractivity contribution in [3.8, 4) is 0 Å². The summed E-state index contributed by atoms with van der Waals surface area (Å²) in [6.45, 7) is 5.43. The largest absolute Gasteiger partial charge is 0.367 e. The molecule has 1 saturated heterocycles. The van der Waals surface area contributed by atoms with Crippen molar-refractivity contribution in [2.75, 3.05) is 25.0 Å². The molecule has 1 aliphatic heterocycles. The van der Waals surface area contributed by atoms with Crippen LogP contribution in [0.4, 0.5) is 5.82 Å². The summed E-state index contributed by atoms with van der Waals surface area (Å²) < 4.78 is 1.45. The lowest BCUT2D eigenvalue weighted by Crippen LogP contribution is -2.39. The second kappa shape index (κ2) is 7.14. The third-order valence-corrected chi connectivity index (χ3v) is 4.99. The van der Waals surface area contributed by atoms with E-state index < -0.39 is 0 Å². The van der Waals surface area contributed by atoms with E-state index in [2.05, 4.69) is 68.1 Å². The lowest BCUT2D eigenvalue weighted by atomic mass is 9.95. The van der Waals surface area contributed by atoms with Crippen LogP contribution in [0.25, 0.3) is 5.65 Å². The van der Waals surface area contributed by atoms with Crippen molar-refractivity contribution in [2.45, 2.75) is 25.8 Å². The fourth-order valence-corrected chi connectivity index (χ4v) is 3.42. The van der Waals surface area contributed by atoms with Crippen molar-refractivity contribution >= 4 is 11.5 Å². The Morgan fingerprint density at radius 1 is 1.12 bits per heavy atom. The van der Waals surface area contributed by atoms with Gasteiger partial charge >= 0.3 is 0 Å². The number of fused-ring (bicyclic) bond motifs is 1. The molecule has 1 aliphatic rings. The zero-order valence-electron chi connectivity index (χ0n) is 14.4. The molecule has 2 aromatic heterocycles. The molecule has 7 nitrogen and oxygen atoms in total. The number of aromatic nitrogens is 5. The van der Waals surface area contributed by atoms with E-state index in [1.807, 2.05) is 12.1 Å². The zero-order chi connectivity index (χ0) is 17.1. The van der Waals surface area contributed by atoms with Crippen LogP contribution < -0.4 is 5.32 Å². The van der Waals surface area contributed by atoms with Crippen molar-refractivity contribution in [3.05, 3.63) is 48.0 Å². The fourth-order valence-electron chi connectivity index (χ4n) is 3.42. The van der Waals surface area contributed by atoms with Gasteiger partial charge in [0.05, 0.1) is 6.04 Å². The summed E-state index contributed by atoms with van der Waals surface area (Å²) in [5.74, 6) is 1.61. The molecule has 25 heavy (non-hydrogen) atoms. The van der Waals surface area contributed by atoms with Gasteiger partial charge in [0.1, 0.15) is 5.82 Å². The molecular weight excluding hydrogens is 314 g/mol. The van der Waals surface area contributed by atoms with Crippen molar-refractivity contribution in [1.82, 2.24) is 30.2 Å². The molecule has 7 heteroatoms. The average molecular weight is 337 g/mol. The third kappa shape index (κ3) is 3.61. The van der Waals surface area contributed by atoms with E-state index >= 15 is 0 Å². The maximum Gasteiger partial charge on any atom is 0.200 e. The van der Waals surface area contributed by atoms with Gasteiger partial charge in [-0.2, -0.15) is 0 Å². The molecule has 1 aromatic carbocycles. The number of piperidine rings is 1. The number of anilines is 1. The zero-order valence-corrected chi connectivity index (χ0v) is 14.4. The molecule has 1 N–H and O–H groups in total. The second-order valence-electron chi connectivity index (χ2n) is 6.77. The predicted molar refractivity (Wildman–Crippen MR) is 96.2 cm³/mol. The number of likely N-dealkylation sites (tertiary alicyclic amines) is 1. The fraction of sp³-hybridized carbons (Fsp3) is 0.444. The first-order valence-electron chi connectivity index (χ1n) is 8.88. The Bertz CT molecular complexity index is 808. The molecule has 0 amide bonds. The molecule has 1 fully saturated rings. The lowest BCUT2D eigenvalue weighted by Gasteiger charge is -2.37. The van der Waals surface area contributed by atoms with Crippen molar-refractivity contribution < 1.29 is 0 Å². The molecule has 0 aliphatic carbocycles. The van der Waals surface area contributed by atoms with E-state index in [0.29, 0.717) is 11.7 Å². The number of rotatable bonds is 5. The van der Waals surface area contributed by atoms with Gasteiger partial charge in [0, 0.05) is 6.54 Å². The highest BCUT2D eigenvalue weighted by atomic mass is 15.6. The van der Waals surface area contributed by atoms with Crippen LogP contribution in [-0.4, -0.2) is 49.8 Å². The summed E-state index contributed by atoms with van der Waals surface area (Å²) in [5, 5.41) is 19.2. The van der Waals surface area contributed by atoms with Crippen LogP contribution in [0.5, 0.6) is 0 Å². The smallest absolute Gasteiger partial charge is 0.200 e. The molecule has 0 radical (unpaired) electrons. The van der Waals surface area contributed by atoms with Gasteiger partial charge in [0.15, 0.2) is 5.65 Å². The Balaban J connectivity index is 1.51. The summed E-state index contributed by atoms with van der Waals surface area (Å²) in [6, 6.07) is 14.8. The Morgan fingerprint density at radius 3 is 2.72 bits per heavy atom. The van der Waals surface area contributed by atoms with Gasteiger partial charge in [0.2, 0.25) is 0 Å². The first-order valence-corrected chi connectivity index (χ1v) is 8.88. The SMILES string of the molecule is CC1CCN([C@H](CNc2ccc3nnnn3n2)c2ccccc2)CC1. The van der Waals surface area contributed by atoms with E-state index in [1.54, 1.807) is 0 Å². The molecule has 0 unspecified atom stereocenters. The quantitative estimate of drug-likeness (QED) is 0.771. The minimum absolute atomic E-state index is 0.333. The Hall–Kier alpha value is -2.54. The van der Waals surface area contributed by atoms with E-state index in [4.69, 9.17) is 0 Å². The van der Waals surface area contributed by atoms with Crippen LogP contribution in [0, 0.1) is 5.92 Å². The van der Waals surface area contributed by atoms with Gasteiger partial charge in [-0.05, 0) is 60.0 Å². The number of tetrazole rings is 1. The minimum atomic E-state index is 0.333. The van der Waals surface area contributed by atoms with E-state index in [-0.39, 0.29) is 0 Å². The topological polar surface area (TPSA) is 71.2 Å². The van der Waals surface area contributed by atoms with Crippen LogP contribution in [-0.2, 0) is 0 Å². The highest BCUT2D eigenvalue weighted by Gasteiger charge is 2.24. The standard InChI is InChI=1S/C18H23N7/c1-14-9-11-24(12-10-14)16(15-5-3-2-4-6-15)13-19-17-7-8-18-20-22-23-25(18)21-17/h2-8,14,16H,9-13H2,1H3,(H,19,21)/t16-/m1/s1. The van der Waals surface area contributed by atoms with Crippen molar-refractivity contribution in [1.29, 1.82) is 0 Å². The molecule has 130 valence electrons. The molecular formula is C18H23N7. The summed E-state index contributed by atoms with van der Waals surface area (Å²) in [4.78, 5) is 2.58. The van der Waals surface area contributed by atoms with Crippen LogP contribution >= 0.6 is 0 Å². The molecule has 3 heterocycles. The third-order valence-electron chi connectivity index (χ3n) is 4.99. The number of hydrogen-bond acceptors (Lipinski definition) is 6. The van der Waals surface area contributed by atoms with Gasteiger partial charge in [-0.15, -0.1) is 14.8 Å². The molecule has 4 rings (SSSR count). The van der Waals surface area contributed by atoms with Gasteiger partial charge in [-0.25, -0.2) is 0 Å². The number of benzene rings is 1. The Morgan fingerprint density at radius 2 is 1.92 bits per heavy atom. The van der Waals surface area contributed by atoms with Crippen molar-refractivity contribution in [2.24, 2.45) is 5.92 Å². The van der Waals surface area contributed by atoms with Crippen LogP contribution in [0.2, 0.25) is 0 Å². The van der Waals surface area contributed by atoms with Gasteiger partial charge < -0.3 is 5.32 Å². The maximum absolute atomic E-state index is 4.41. The van der Waals surface area contributed by atoms with Crippen LogP contribution in [0.1, 0.15) is 31.4 Å². The predicted octanol–water partition coefficient (Wildman–Crippen LogP) is 2.40. The normalized spacial score (nSPS) is 17.6. The number of nitrogens with zero attached hydrogens (tertiary/aromatic N) is 6. The van der Waals surface area contributed by atoms with E-state index in [9.17, 15) is 0 Å². The highest BCUT2D eigenvalue weighted by Crippen LogP contribution is 2.27. The molecule has 3 aromatic rings. The number of nitrogens with one attached hydrogen (secondary N) is 1. The molecule has 0 saturated carbocycles. The summed E-state index contributed by atoms with van der Waals surface area (Å²) in [7, 11) is 0. The molecule has 0 spiro atoms. The van der Waals surface area contributed by atoms with Gasteiger partial charge in [-0.1, -0.05) is 37.3 Å². The van der Waals surface area contributed by atoms with Gasteiger partial charge in [0.25, 0.3) is 0 Å². The lowest BCUT2D eigenvalue weighted by molar-refractivity contribution is 0.143. The summed E-state index contributed by atoms with van der Waals surface area (Å²) in [5.41, 5.74) is 1.99. The molecule has 1 atom stereocenters. The molecule has 0 bridgehead atoms. The Labute approximate surface area is 147 Å². The first-order chi connectivity index (χ1) is 12.3. The van der Waals surface area contributed by atoms with Gasteiger partial charge in [-0.3, -0.25) is 4.90 Å². The van der Waals surface area contributed by atoms with E-state index in [1.165, 1.54) is 23.0 Å². The average Bonchev–Trinajstić information content (AvgIpc) is 3.12. The Kier molecular flexibility index (Phi) is 4.56. The summed E-state index contributed by atoms with van der Waals surface area (Å²) in [6.07, 6.45) is 2.52. The second-order valence-corrected chi connectivity index (χ2v) is 6.77.